The molecule has 0 bridgehead atoms. The number of hydrogen-bond acceptors (Lipinski definition) is 10. The molecule has 1 saturated heterocycles. The second-order valence-electron chi connectivity index (χ2n) is 13.1. The number of carbonyl (C=O) groups excluding carboxylic acids is 6. The van der Waals surface area contributed by atoms with Crippen molar-refractivity contribution in [2.45, 2.75) is 63.3 Å². The van der Waals surface area contributed by atoms with Gasteiger partial charge in [-0.25, -0.2) is 0 Å². The van der Waals surface area contributed by atoms with E-state index in [4.69, 9.17) is 15.2 Å². The summed E-state index contributed by atoms with van der Waals surface area (Å²) in [4.78, 5) is 77.8. The van der Waals surface area contributed by atoms with Gasteiger partial charge in [0.25, 0.3) is 0 Å². The average molecular weight is 858 g/mol. The topological polar surface area (TPSA) is 174 Å². The van der Waals surface area contributed by atoms with E-state index in [9.17, 15) is 28.8 Å². The smallest absolute Gasteiger partial charge is 0.465 e. The number of amides is 4. The fourth-order valence-electron chi connectivity index (χ4n) is 6.56. The standard InChI is InChI=1S/C40H50BrN4O8PS/c1-3-52-37(48)27-43-38(49)33(44-35(46)23-22-32(42)40(51)53-4-2)28-55-34-26-36(47)45(39(34)50)24-14-15-25-54(41,29-16-8-5-9-17-29,30-18-10-6-11-19-30)31-20-12-7-13-21-31/h5-13,16-21,32-34H,3-4,14-15,22-28,42H2,1-2H3,(H,43,49)(H,44,46). The Bertz CT molecular complexity index is 1690. The van der Waals surface area contributed by atoms with E-state index >= 15 is 0 Å². The number of halogens is 1. The summed E-state index contributed by atoms with van der Waals surface area (Å²) in [7, 11) is 0. The molecule has 0 spiro atoms. The molecule has 1 aliphatic heterocycles. The van der Waals surface area contributed by atoms with Gasteiger partial charge in [0.2, 0.25) is 0 Å². The molecule has 0 aliphatic carbocycles. The third-order valence-electron chi connectivity index (χ3n) is 9.40. The van der Waals surface area contributed by atoms with Crippen molar-refractivity contribution in [3.8, 4) is 0 Å². The molecular weight excluding hydrogens is 807 g/mol. The van der Waals surface area contributed by atoms with Crippen molar-refractivity contribution in [2.24, 2.45) is 5.73 Å². The molecule has 0 aromatic heterocycles. The summed E-state index contributed by atoms with van der Waals surface area (Å²) in [6, 6.07) is 29.1. The van der Waals surface area contributed by atoms with Crippen LogP contribution in [0.5, 0.6) is 0 Å². The summed E-state index contributed by atoms with van der Waals surface area (Å²) in [5, 5.41) is 4.71. The zero-order valence-corrected chi connectivity index (χ0v) is 34.5. The van der Waals surface area contributed by atoms with Gasteiger partial charge in [0.05, 0.1) is 13.2 Å². The monoisotopic (exact) mass is 856 g/mol. The minimum Gasteiger partial charge on any atom is -0.465 e. The molecule has 3 unspecified atom stereocenters. The molecule has 0 saturated carbocycles. The van der Waals surface area contributed by atoms with E-state index < -0.39 is 52.9 Å². The van der Waals surface area contributed by atoms with Crippen LogP contribution < -0.4 is 32.3 Å². The predicted molar refractivity (Wildman–Crippen MR) is 221 cm³/mol. The third-order valence-corrected chi connectivity index (χ3v) is 20.7. The number of likely N-dealkylation sites (tertiary alicyclic amines) is 1. The van der Waals surface area contributed by atoms with Crippen LogP contribution >= 0.6 is 32.6 Å². The third kappa shape index (κ3) is 11.0. The number of nitrogens with zero attached hydrogens (tertiary/aromatic N) is 1. The molecule has 1 fully saturated rings. The van der Waals surface area contributed by atoms with Gasteiger partial charge in [0.15, 0.2) is 0 Å². The summed E-state index contributed by atoms with van der Waals surface area (Å²) in [6.45, 7) is 3.39. The Hall–Kier alpha value is -4.10. The second kappa shape index (κ2) is 20.7. The number of benzene rings is 3. The molecule has 4 N–H and O–H groups in total. The Balaban J connectivity index is 1.42. The molecule has 0 radical (unpaired) electrons. The summed E-state index contributed by atoms with van der Waals surface area (Å²) in [5.41, 5.74) is 5.82. The first kappa shape index (κ1) is 43.6. The van der Waals surface area contributed by atoms with Crippen molar-refractivity contribution in [3.05, 3.63) is 91.0 Å². The minimum absolute atomic E-state index is 0.0134. The molecule has 55 heavy (non-hydrogen) atoms. The van der Waals surface area contributed by atoms with Crippen molar-refractivity contribution in [1.82, 2.24) is 15.5 Å². The Morgan fingerprint density at radius 1 is 0.873 bits per heavy atom. The van der Waals surface area contributed by atoms with Crippen LogP contribution in [0.25, 0.3) is 0 Å². The predicted octanol–water partition coefficient (Wildman–Crippen LogP) is 3.30. The molecular formula is C40H50BrN4O8PS. The first-order valence-electron chi connectivity index (χ1n) is 18.4. The van der Waals surface area contributed by atoms with Crippen LogP contribution in [0.3, 0.4) is 0 Å². The number of nitrogens with one attached hydrogen (secondary N) is 2. The van der Waals surface area contributed by atoms with Gasteiger partial charge in [-0.05, 0) is 20.3 Å². The van der Waals surface area contributed by atoms with Crippen LogP contribution in [-0.2, 0) is 38.2 Å². The van der Waals surface area contributed by atoms with Crippen LogP contribution in [0, 0.1) is 0 Å². The van der Waals surface area contributed by atoms with Crippen LogP contribution in [0.1, 0.15) is 46.0 Å². The van der Waals surface area contributed by atoms with Crippen molar-refractivity contribution < 1.29 is 38.2 Å². The van der Waals surface area contributed by atoms with E-state index in [0.29, 0.717) is 12.8 Å². The summed E-state index contributed by atoms with van der Waals surface area (Å²) in [6.07, 6.45) is 1.82. The van der Waals surface area contributed by atoms with E-state index in [-0.39, 0.29) is 56.6 Å². The second-order valence-corrected chi connectivity index (χ2v) is 23.4. The first-order chi connectivity index (χ1) is 26.4. The molecule has 15 heteroatoms. The fraction of sp³-hybridized carbons (Fsp3) is 0.400. The van der Waals surface area contributed by atoms with E-state index in [1.807, 2.05) is 54.6 Å². The van der Waals surface area contributed by atoms with E-state index in [2.05, 4.69) is 62.5 Å². The SMILES string of the molecule is CCOC(=O)CNC(=O)C(CSC1CC(=O)N(CCCCP(Br)(c2ccccc2)(c2ccccc2)c2ccccc2)C1=O)NC(=O)CCC(N)C(=O)OCC. The number of unbranched alkanes of at least 4 members (excludes halogenated alkanes) is 1. The van der Waals surface area contributed by atoms with Crippen LogP contribution in [-0.4, -0.2) is 96.0 Å². The van der Waals surface area contributed by atoms with Gasteiger partial charge in [-0.15, -0.1) is 0 Å². The first-order valence-corrected chi connectivity index (χ1v) is 23.9. The van der Waals surface area contributed by atoms with Crippen molar-refractivity contribution in [3.63, 3.8) is 0 Å². The normalized spacial score (nSPS) is 16.0. The van der Waals surface area contributed by atoms with Crippen LogP contribution in [0.15, 0.2) is 91.0 Å². The number of carbonyl (C=O) groups is 6. The maximum atomic E-state index is 13.6. The number of thioether (sulfide) groups is 1. The maximum absolute atomic E-state index is 13.6. The fourth-order valence-corrected chi connectivity index (χ4v) is 15.5. The van der Waals surface area contributed by atoms with Crippen molar-refractivity contribution >= 4 is 84.0 Å². The van der Waals surface area contributed by atoms with Crippen molar-refractivity contribution in [1.29, 1.82) is 0 Å². The Kier molecular flexibility index (Phi) is 16.4. The molecule has 1 heterocycles. The van der Waals surface area contributed by atoms with Crippen LogP contribution in [0.2, 0.25) is 0 Å². The number of esters is 2. The Labute approximate surface area is 334 Å². The zero-order valence-electron chi connectivity index (χ0n) is 31.2. The Morgan fingerprint density at radius 3 is 1.95 bits per heavy atom. The average Bonchev–Trinajstić information content (AvgIpc) is 3.47. The number of rotatable bonds is 21. The quantitative estimate of drug-likeness (QED) is 0.0625. The van der Waals surface area contributed by atoms with Crippen LogP contribution in [0.4, 0.5) is 0 Å². The molecule has 296 valence electrons. The van der Waals surface area contributed by atoms with Crippen molar-refractivity contribution in [2.75, 3.05) is 38.2 Å². The zero-order chi connectivity index (χ0) is 39.9. The van der Waals surface area contributed by atoms with Gasteiger partial charge >= 0.3 is 254 Å². The van der Waals surface area contributed by atoms with E-state index in [0.717, 1.165) is 17.9 Å². The summed E-state index contributed by atoms with van der Waals surface area (Å²) in [5.74, 6) is -3.21. The van der Waals surface area contributed by atoms with Gasteiger partial charge in [0, 0.05) is 6.42 Å². The number of hydrogen-bond donors (Lipinski definition) is 3. The summed E-state index contributed by atoms with van der Waals surface area (Å²) >= 11 is 5.54. The van der Waals surface area contributed by atoms with Gasteiger partial charge in [0.1, 0.15) is 12.6 Å². The van der Waals surface area contributed by atoms with Gasteiger partial charge in [-0.1, -0.05) is 0 Å². The molecule has 4 rings (SSSR count). The Morgan fingerprint density at radius 2 is 1.42 bits per heavy atom. The van der Waals surface area contributed by atoms with E-state index in [1.165, 1.54) is 20.8 Å². The molecule has 3 aromatic carbocycles. The molecule has 3 atom stereocenters. The summed E-state index contributed by atoms with van der Waals surface area (Å²) < 4.78 is 9.77. The molecule has 4 amide bonds. The number of imide groups is 1. The number of nitrogens with two attached hydrogens (primary N) is 1. The molecule has 1 aliphatic rings. The molecule has 12 nitrogen and oxygen atoms in total. The van der Waals surface area contributed by atoms with Gasteiger partial charge in [-0.3, -0.25) is 14.4 Å². The minimum atomic E-state index is -3.17. The molecule has 3 aromatic rings. The van der Waals surface area contributed by atoms with Gasteiger partial charge in [-0.2, -0.15) is 0 Å². The van der Waals surface area contributed by atoms with E-state index in [1.54, 1.807) is 13.8 Å². The van der Waals surface area contributed by atoms with Gasteiger partial charge < -0.3 is 15.2 Å². The number of ether oxygens (including phenoxy) is 2.